The lowest BCUT2D eigenvalue weighted by Gasteiger charge is -2.15. The van der Waals surface area contributed by atoms with Gasteiger partial charge in [-0.05, 0) is 19.4 Å². The third kappa shape index (κ3) is 4.52. The number of phenols is 1. The van der Waals surface area contributed by atoms with Crippen LogP contribution in [0.5, 0.6) is 11.5 Å². The fourth-order valence-electron chi connectivity index (χ4n) is 1.82. The first kappa shape index (κ1) is 18.4. The van der Waals surface area contributed by atoms with Gasteiger partial charge < -0.3 is 21.3 Å². The summed E-state index contributed by atoms with van der Waals surface area (Å²) in [5.41, 5.74) is 11.5. The first-order valence-corrected chi connectivity index (χ1v) is 6.02. The van der Waals surface area contributed by atoms with Crippen LogP contribution in [0.3, 0.4) is 0 Å². The van der Waals surface area contributed by atoms with Crippen molar-refractivity contribution in [1.29, 1.82) is 0 Å². The number of aromatic hydroxyl groups is 1. The molecule has 5 N–H and O–H groups in total. The lowest BCUT2D eigenvalue weighted by atomic mass is 10.00. The lowest BCUT2D eigenvalue weighted by molar-refractivity contribution is -0.385. The Balaban J connectivity index is 0.00000361. The predicted molar refractivity (Wildman–Crippen MR) is 78.4 cm³/mol. The zero-order valence-corrected chi connectivity index (χ0v) is 12.1. The first-order chi connectivity index (χ1) is 9.01. The summed E-state index contributed by atoms with van der Waals surface area (Å²) in [4.78, 5) is 10.3. The number of nitro groups is 1. The molecule has 0 saturated heterocycles. The average Bonchev–Trinajstić information content (AvgIpc) is 2.38. The molecule has 0 heterocycles. The molecule has 1 aromatic carbocycles. The number of nitrogens with two attached hydrogens (primary N) is 2. The van der Waals surface area contributed by atoms with Gasteiger partial charge in [-0.15, -0.1) is 12.4 Å². The number of rotatable bonds is 7. The van der Waals surface area contributed by atoms with Crippen LogP contribution in [0, 0.1) is 10.1 Å². The van der Waals surface area contributed by atoms with Gasteiger partial charge in [-0.2, -0.15) is 0 Å². The van der Waals surface area contributed by atoms with Crippen LogP contribution in [0.25, 0.3) is 0 Å². The molecular weight excluding hydrogens is 286 g/mol. The molecule has 0 amide bonds. The Morgan fingerprint density at radius 3 is 2.60 bits per heavy atom. The van der Waals surface area contributed by atoms with E-state index in [0.717, 1.165) is 12.8 Å². The molecule has 7 nitrogen and oxygen atoms in total. The second kappa shape index (κ2) is 8.57. The van der Waals surface area contributed by atoms with Gasteiger partial charge in [-0.1, -0.05) is 6.42 Å². The molecule has 1 atom stereocenters. The average molecular weight is 306 g/mol. The van der Waals surface area contributed by atoms with Crippen LogP contribution in [0.1, 0.15) is 30.9 Å². The number of methoxy groups -OCH3 is 1. The molecule has 0 fully saturated rings. The number of benzene rings is 1. The molecule has 0 bridgehead atoms. The standard InChI is InChI=1S/C12H19N3O4.ClH/c1-19-11-7-8(15(17)18)6-9(12(11)16)10(14)4-2-3-5-13;/h6-7,10,16H,2-5,13-14H2,1H3;1H/t10-;/m0./s1. The highest BCUT2D eigenvalue weighted by molar-refractivity contribution is 5.85. The van der Waals surface area contributed by atoms with E-state index >= 15 is 0 Å². The molecule has 0 unspecified atom stereocenters. The van der Waals surface area contributed by atoms with E-state index in [4.69, 9.17) is 16.2 Å². The maximum atomic E-state index is 10.8. The monoisotopic (exact) mass is 305 g/mol. The third-order valence-corrected chi connectivity index (χ3v) is 2.89. The maximum absolute atomic E-state index is 10.8. The minimum Gasteiger partial charge on any atom is -0.504 e. The quantitative estimate of drug-likeness (QED) is 0.401. The van der Waals surface area contributed by atoms with Crippen molar-refractivity contribution in [1.82, 2.24) is 0 Å². The maximum Gasteiger partial charge on any atom is 0.273 e. The zero-order chi connectivity index (χ0) is 14.4. The van der Waals surface area contributed by atoms with E-state index in [2.05, 4.69) is 0 Å². The lowest BCUT2D eigenvalue weighted by Crippen LogP contribution is -2.12. The normalized spacial score (nSPS) is 11.6. The Morgan fingerprint density at radius 2 is 2.10 bits per heavy atom. The largest absolute Gasteiger partial charge is 0.504 e. The van der Waals surface area contributed by atoms with Crippen molar-refractivity contribution in [2.24, 2.45) is 11.5 Å². The zero-order valence-electron chi connectivity index (χ0n) is 11.2. The summed E-state index contributed by atoms with van der Waals surface area (Å²) < 4.78 is 4.92. The topological polar surface area (TPSA) is 125 Å². The molecular formula is C12H20ClN3O4. The predicted octanol–water partition coefficient (Wildman–Crippen LogP) is 1.86. The number of nitrogens with zero attached hydrogens (tertiary/aromatic N) is 1. The Labute approximate surface area is 123 Å². The van der Waals surface area contributed by atoms with E-state index < -0.39 is 11.0 Å². The Hall–Kier alpha value is -1.57. The number of hydrogen-bond acceptors (Lipinski definition) is 6. The number of phenolic OH excluding ortho intramolecular Hbond substituents is 1. The summed E-state index contributed by atoms with van der Waals surface area (Å²) in [7, 11) is 1.34. The van der Waals surface area contributed by atoms with Gasteiger partial charge in [-0.3, -0.25) is 10.1 Å². The number of halogens is 1. The molecule has 0 aliphatic rings. The highest BCUT2D eigenvalue weighted by Crippen LogP contribution is 2.38. The van der Waals surface area contributed by atoms with Gasteiger partial charge in [0, 0.05) is 17.7 Å². The molecule has 20 heavy (non-hydrogen) atoms. The summed E-state index contributed by atoms with van der Waals surface area (Å²) in [5, 5.41) is 20.8. The number of unbranched alkanes of at least 4 members (excludes halogenated alkanes) is 1. The van der Waals surface area contributed by atoms with Gasteiger partial charge in [0.25, 0.3) is 5.69 Å². The van der Waals surface area contributed by atoms with Crippen LogP contribution in [-0.2, 0) is 0 Å². The van der Waals surface area contributed by atoms with Gasteiger partial charge in [-0.25, -0.2) is 0 Å². The second-order valence-electron chi connectivity index (χ2n) is 4.23. The molecule has 8 heteroatoms. The number of nitro benzene ring substituents is 1. The van der Waals surface area contributed by atoms with E-state index in [1.165, 1.54) is 19.2 Å². The van der Waals surface area contributed by atoms with Crippen LogP contribution >= 0.6 is 12.4 Å². The van der Waals surface area contributed by atoms with Crippen LogP contribution < -0.4 is 16.2 Å². The number of non-ortho nitro benzene ring substituents is 1. The first-order valence-electron chi connectivity index (χ1n) is 6.02. The summed E-state index contributed by atoms with van der Waals surface area (Å²) >= 11 is 0. The summed E-state index contributed by atoms with van der Waals surface area (Å²) in [6.45, 7) is 0.566. The van der Waals surface area contributed by atoms with E-state index in [9.17, 15) is 15.2 Å². The van der Waals surface area contributed by atoms with Crippen molar-refractivity contribution in [2.75, 3.05) is 13.7 Å². The summed E-state index contributed by atoms with van der Waals surface area (Å²) in [6, 6.07) is 1.97. The Kier molecular flexibility index (Phi) is 7.90. The SMILES string of the molecule is COc1cc([N+](=O)[O-])cc([C@@H](N)CCCCN)c1O.Cl. The van der Waals surface area contributed by atoms with Gasteiger partial charge in [0.2, 0.25) is 0 Å². The minimum atomic E-state index is -0.544. The molecule has 0 aliphatic carbocycles. The van der Waals surface area contributed by atoms with Crippen molar-refractivity contribution >= 4 is 18.1 Å². The molecule has 1 aromatic rings. The van der Waals surface area contributed by atoms with Crippen molar-refractivity contribution in [3.63, 3.8) is 0 Å². The molecule has 1 rings (SSSR count). The van der Waals surface area contributed by atoms with E-state index in [1.807, 2.05) is 0 Å². The van der Waals surface area contributed by atoms with Gasteiger partial charge >= 0.3 is 0 Å². The van der Waals surface area contributed by atoms with E-state index in [1.54, 1.807) is 0 Å². The number of ether oxygens (including phenoxy) is 1. The van der Waals surface area contributed by atoms with Gasteiger partial charge in [0.15, 0.2) is 11.5 Å². The van der Waals surface area contributed by atoms with Crippen LogP contribution in [0.2, 0.25) is 0 Å². The van der Waals surface area contributed by atoms with E-state index in [-0.39, 0.29) is 29.6 Å². The number of hydrogen-bond donors (Lipinski definition) is 3. The molecule has 0 spiro atoms. The molecule has 0 aliphatic heterocycles. The van der Waals surface area contributed by atoms with Crippen molar-refractivity contribution in [3.8, 4) is 11.5 Å². The summed E-state index contributed by atoms with van der Waals surface area (Å²) in [5.74, 6) is -0.0909. The smallest absolute Gasteiger partial charge is 0.273 e. The second-order valence-corrected chi connectivity index (χ2v) is 4.23. The van der Waals surface area contributed by atoms with Gasteiger partial charge in [0.1, 0.15) is 0 Å². The fraction of sp³-hybridized carbons (Fsp3) is 0.500. The van der Waals surface area contributed by atoms with Crippen molar-refractivity contribution in [2.45, 2.75) is 25.3 Å². The third-order valence-electron chi connectivity index (χ3n) is 2.89. The van der Waals surface area contributed by atoms with Crippen LogP contribution in [-0.4, -0.2) is 23.7 Å². The minimum absolute atomic E-state index is 0. The summed E-state index contributed by atoms with van der Waals surface area (Å²) in [6.07, 6.45) is 2.21. The van der Waals surface area contributed by atoms with Crippen LogP contribution in [0.4, 0.5) is 5.69 Å². The van der Waals surface area contributed by atoms with Crippen LogP contribution in [0.15, 0.2) is 12.1 Å². The highest BCUT2D eigenvalue weighted by Gasteiger charge is 2.20. The molecule has 0 saturated carbocycles. The molecule has 0 aromatic heterocycles. The van der Waals surface area contributed by atoms with Gasteiger partial charge in [0.05, 0.1) is 18.1 Å². The van der Waals surface area contributed by atoms with Crippen molar-refractivity contribution in [3.05, 3.63) is 27.8 Å². The highest BCUT2D eigenvalue weighted by atomic mass is 35.5. The molecule has 114 valence electrons. The molecule has 0 radical (unpaired) electrons. The Bertz CT molecular complexity index is 457. The fourth-order valence-corrected chi connectivity index (χ4v) is 1.82. The van der Waals surface area contributed by atoms with Crippen molar-refractivity contribution < 1.29 is 14.8 Å². The Morgan fingerprint density at radius 1 is 1.45 bits per heavy atom. The van der Waals surface area contributed by atoms with E-state index in [0.29, 0.717) is 18.5 Å².